The third-order valence-electron chi connectivity index (χ3n) is 5.79. The lowest BCUT2D eigenvalue weighted by Crippen LogP contribution is -2.46. The molecule has 0 aliphatic carbocycles. The molecule has 1 N–H and O–H groups in total. The quantitative estimate of drug-likeness (QED) is 0.407. The van der Waals surface area contributed by atoms with Crippen molar-refractivity contribution in [3.8, 4) is 11.1 Å². The van der Waals surface area contributed by atoms with E-state index in [1.54, 1.807) is 50.2 Å². The zero-order valence-corrected chi connectivity index (χ0v) is 21.7. The maximum absolute atomic E-state index is 13.3. The summed E-state index contributed by atoms with van der Waals surface area (Å²) in [4.78, 5) is 24.4. The van der Waals surface area contributed by atoms with Crippen LogP contribution < -0.4 is 5.32 Å². The number of carbonyl (C=O) groups excluding carboxylic acids is 2. The molecule has 1 amide bonds. The molecule has 3 rings (SSSR count). The number of nitrogens with zero attached hydrogens (tertiary/aromatic N) is 1. The van der Waals surface area contributed by atoms with Gasteiger partial charge in [0.15, 0.2) is 0 Å². The molecule has 10 heteroatoms. The van der Waals surface area contributed by atoms with E-state index >= 15 is 0 Å². The highest BCUT2D eigenvalue weighted by Gasteiger charge is 2.35. The van der Waals surface area contributed by atoms with Gasteiger partial charge in [0, 0.05) is 18.8 Å². The molecule has 7 nitrogen and oxygen atoms in total. The van der Waals surface area contributed by atoms with Gasteiger partial charge in [-0.15, -0.1) is 0 Å². The minimum atomic E-state index is -3.95. The Bertz CT molecular complexity index is 1350. The molecule has 0 bridgehead atoms. The van der Waals surface area contributed by atoms with Crippen LogP contribution in [0.4, 0.5) is 14.5 Å². The van der Waals surface area contributed by atoms with Crippen molar-refractivity contribution in [3.05, 3.63) is 83.9 Å². The van der Waals surface area contributed by atoms with E-state index in [1.165, 1.54) is 26.3 Å². The highest BCUT2D eigenvalue weighted by Crippen LogP contribution is 2.26. The minimum Gasteiger partial charge on any atom is -0.468 e. The Morgan fingerprint density at radius 2 is 1.43 bits per heavy atom. The number of amides is 1. The summed E-state index contributed by atoms with van der Waals surface area (Å²) in [5.74, 6) is -2.85. The Morgan fingerprint density at radius 3 is 1.92 bits per heavy atom. The Labute approximate surface area is 215 Å². The second-order valence-electron chi connectivity index (χ2n) is 8.84. The molecule has 0 aromatic heterocycles. The topological polar surface area (TPSA) is 92.8 Å². The van der Waals surface area contributed by atoms with Crippen molar-refractivity contribution in [2.45, 2.75) is 31.2 Å². The number of anilines is 1. The van der Waals surface area contributed by atoms with E-state index in [0.717, 1.165) is 33.6 Å². The second kappa shape index (κ2) is 11.6. The lowest BCUT2D eigenvalue weighted by atomic mass is 10.1. The number of halogens is 2. The fourth-order valence-corrected chi connectivity index (χ4v) is 5.39. The van der Waals surface area contributed by atoms with E-state index < -0.39 is 39.6 Å². The standard InChI is InChI=1S/C27H28F2N2O5S/c1-17(2)26(27(33)36-4)31(3)37(34,35)24-11-7-20(8-12-24)19-5-9-23(10-6-19)30-25(32)15-18-13-21(28)16-22(29)14-18/h5-14,16-17,26H,15H2,1-4H3,(H,30,32)/t26-/m0/s1. The van der Waals surface area contributed by atoms with E-state index in [2.05, 4.69) is 5.32 Å². The molecule has 3 aromatic carbocycles. The molecule has 196 valence electrons. The zero-order chi connectivity index (χ0) is 27.3. The van der Waals surface area contributed by atoms with Crippen LogP contribution in [0, 0.1) is 17.6 Å². The fraction of sp³-hybridized carbons (Fsp3) is 0.259. The number of likely N-dealkylation sites (N-methyl/N-ethyl adjacent to an activating group) is 1. The number of hydrogen-bond donors (Lipinski definition) is 1. The summed E-state index contributed by atoms with van der Waals surface area (Å²) in [5, 5.41) is 2.68. The number of esters is 1. The van der Waals surface area contributed by atoms with Gasteiger partial charge < -0.3 is 10.1 Å². The third-order valence-corrected chi connectivity index (χ3v) is 7.64. The van der Waals surface area contributed by atoms with Gasteiger partial charge in [0.05, 0.1) is 18.4 Å². The molecular formula is C27H28F2N2O5S. The number of hydrogen-bond acceptors (Lipinski definition) is 5. The van der Waals surface area contributed by atoms with Gasteiger partial charge >= 0.3 is 5.97 Å². The minimum absolute atomic E-state index is 0.0333. The van der Waals surface area contributed by atoms with Gasteiger partial charge in [0.25, 0.3) is 0 Å². The number of carbonyl (C=O) groups is 2. The van der Waals surface area contributed by atoms with E-state index in [0.29, 0.717) is 5.69 Å². The maximum Gasteiger partial charge on any atom is 0.324 e. The predicted molar refractivity (Wildman–Crippen MR) is 136 cm³/mol. The molecule has 3 aromatic rings. The second-order valence-corrected chi connectivity index (χ2v) is 10.8. The molecule has 0 fully saturated rings. The molecule has 0 unspecified atom stereocenters. The van der Waals surface area contributed by atoms with Gasteiger partial charge in [0.2, 0.25) is 15.9 Å². The Balaban J connectivity index is 1.71. The largest absolute Gasteiger partial charge is 0.468 e. The van der Waals surface area contributed by atoms with Crippen LogP contribution in [-0.4, -0.2) is 44.8 Å². The van der Waals surface area contributed by atoms with Crippen molar-refractivity contribution < 1.29 is 31.5 Å². The number of ether oxygens (including phenoxy) is 1. The Morgan fingerprint density at radius 1 is 0.919 bits per heavy atom. The van der Waals surface area contributed by atoms with Crippen LogP contribution in [0.3, 0.4) is 0 Å². The van der Waals surface area contributed by atoms with Crippen LogP contribution in [0.15, 0.2) is 71.6 Å². The van der Waals surface area contributed by atoms with E-state index in [9.17, 15) is 26.8 Å². The fourth-order valence-electron chi connectivity index (χ4n) is 3.95. The lowest BCUT2D eigenvalue weighted by molar-refractivity contribution is -0.146. The molecule has 0 spiro atoms. The first-order valence-corrected chi connectivity index (χ1v) is 12.9. The van der Waals surface area contributed by atoms with E-state index in [4.69, 9.17) is 4.74 Å². The van der Waals surface area contributed by atoms with Crippen LogP contribution in [0.25, 0.3) is 11.1 Å². The van der Waals surface area contributed by atoms with Crippen LogP contribution in [0.1, 0.15) is 19.4 Å². The van der Waals surface area contributed by atoms with Gasteiger partial charge in [-0.25, -0.2) is 17.2 Å². The summed E-state index contributed by atoms with van der Waals surface area (Å²) in [6, 6.07) is 15.0. The van der Waals surface area contributed by atoms with Gasteiger partial charge in [-0.05, 0) is 59.0 Å². The van der Waals surface area contributed by atoms with Crippen LogP contribution >= 0.6 is 0 Å². The van der Waals surface area contributed by atoms with Gasteiger partial charge in [0.1, 0.15) is 17.7 Å². The zero-order valence-electron chi connectivity index (χ0n) is 20.9. The number of sulfonamides is 1. The summed E-state index contributed by atoms with van der Waals surface area (Å²) in [5.41, 5.74) is 2.23. The van der Waals surface area contributed by atoms with Crippen LogP contribution in [-0.2, 0) is 30.8 Å². The van der Waals surface area contributed by atoms with Crippen molar-refractivity contribution >= 4 is 27.6 Å². The van der Waals surface area contributed by atoms with E-state index in [1.807, 2.05) is 0 Å². The molecule has 0 saturated heterocycles. The smallest absolute Gasteiger partial charge is 0.324 e. The normalized spacial score (nSPS) is 12.4. The molecule has 0 saturated carbocycles. The Hall–Kier alpha value is -3.63. The SMILES string of the molecule is COC(=O)[C@H](C(C)C)N(C)S(=O)(=O)c1ccc(-c2ccc(NC(=O)Cc3cc(F)cc(F)c3)cc2)cc1. The lowest BCUT2D eigenvalue weighted by Gasteiger charge is -2.28. The third kappa shape index (κ3) is 6.78. The average Bonchev–Trinajstić information content (AvgIpc) is 2.83. The molecular weight excluding hydrogens is 502 g/mol. The molecule has 0 aliphatic rings. The Kier molecular flexibility index (Phi) is 8.77. The summed E-state index contributed by atoms with van der Waals surface area (Å²) in [6.45, 7) is 3.48. The summed E-state index contributed by atoms with van der Waals surface area (Å²) >= 11 is 0. The maximum atomic E-state index is 13.3. The summed E-state index contributed by atoms with van der Waals surface area (Å²) in [6.07, 6.45) is -0.186. The number of methoxy groups -OCH3 is 1. The van der Waals surface area contributed by atoms with Gasteiger partial charge in [-0.2, -0.15) is 4.31 Å². The monoisotopic (exact) mass is 530 g/mol. The van der Waals surface area contributed by atoms with Crippen molar-refractivity contribution in [3.63, 3.8) is 0 Å². The van der Waals surface area contributed by atoms with Crippen LogP contribution in [0.2, 0.25) is 0 Å². The molecule has 0 radical (unpaired) electrons. The molecule has 37 heavy (non-hydrogen) atoms. The summed E-state index contributed by atoms with van der Waals surface area (Å²) in [7, 11) is -1.38. The molecule has 0 aliphatic heterocycles. The van der Waals surface area contributed by atoms with Crippen molar-refractivity contribution in [1.82, 2.24) is 4.31 Å². The highest BCUT2D eigenvalue weighted by molar-refractivity contribution is 7.89. The van der Waals surface area contributed by atoms with Crippen molar-refractivity contribution in [2.24, 2.45) is 5.92 Å². The first-order valence-electron chi connectivity index (χ1n) is 11.4. The molecule has 0 heterocycles. The van der Waals surface area contributed by atoms with Gasteiger partial charge in [-0.3, -0.25) is 9.59 Å². The highest BCUT2D eigenvalue weighted by atomic mass is 32.2. The first kappa shape index (κ1) is 27.9. The first-order chi connectivity index (χ1) is 17.4. The van der Waals surface area contributed by atoms with Gasteiger partial charge in [-0.1, -0.05) is 38.1 Å². The number of benzene rings is 3. The average molecular weight is 531 g/mol. The van der Waals surface area contributed by atoms with Crippen LogP contribution in [0.5, 0.6) is 0 Å². The number of rotatable bonds is 9. The predicted octanol–water partition coefficient (Wildman–Crippen LogP) is 4.63. The molecule has 1 atom stereocenters. The van der Waals surface area contributed by atoms with Crippen molar-refractivity contribution in [1.29, 1.82) is 0 Å². The van der Waals surface area contributed by atoms with Crippen molar-refractivity contribution in [2.75, 3.05) is 19.5 Å². The number of nitrogens with one attached hydrogen (secondary N) is 1. The summed E-state index contributed by atoms with van der Waals surface area (Å²) < 4.78 is 58.6. The van der Waals surface area contributed by atoms with E-state index in [-0.39, 0.29) is 22.8 Å².